The lowest BCUT2D eigenvalue weighted by atomic mass is 10.0. The van der Waals surface area contributed by atoms with Crippen LogP contribution in [0.5, 0.6) is 5.75 Å². The lowest BCUT2D eigenvalue weighted by Gasteiger charge is -2.11. The zero-order valence-electron chi connectivity index (χ0n) is 10.5. The van der Waals surface area contributed by atoms with Crippen molar-refractivity contribution >= 4 is 10.8 Å². The van der Waals surface area contributed by atoms with Gasteiger partial charge in [-0.25, -0.2) is 0 Å². The van der Waals surface area contributed by atoms with Gasteiger partial charge in [0.05, 0.1) is 6.61 Å². The average molecular weight is 229 g/mol. The monoisotopic (exact) mass is 229 g/mol. The van der Waals surface area contributed by atoms with Crippen molar-refractivity contribution in [2.24, 2.45) is 0 Å². The van der Waals surface area contributed by atoms with Crippen molar-refractivity contribution in [1.29, 1.82) is 0 Å². The van der Waals surface area contributed by atoms with Crippen molar-refractivity contribution in [3.8, 4) is 5.75 Å². The van der Waals surface area contributed by atoms with E-state index in [-0.39, 0.29) is 0 Å². The molecule has 0 bridgehead atoms. The first kappa shape index (κ1) is 11.9. The third-order valence-corrected chi connectivity index (χ3v) is 2.80. The van der Waals surface area contributed by atoms with Gasteiger partial charge in [-0.1, -0.05) is 37.3 Å². The van der Waals surface area contributed by atoms with Gasteiger partial charge in [0.15, 0.2) is 0 Å². The topological polar surface area (TPSA) is 21.3 Å². The van der Waals surface area contributed by atoms with Gasteiger partial charge < -0.3 is 10.1 Å². The summed E-state index contributed by atoms with van der Waals surface area (Å²) in [5.74, 6) is 0.988. The second kappa shape index (κ2) is 5.69. The first-order chi connectivity index (χ1) is 8.36. The second-order valence-corrected chi connectivity index (χ2v) is 4.15. The summed E-state index contributed by atoms with van der Waals surface area (Å²) in [5, 5.41) is 5.67. The van der Waals surface area contributed by atoms with Crippen LogP contribution in [-0.4, -0.2) is 13.7 Å². The molecule has 0 amide bonds. The fraction of sp³-hybridized carbons (Fsp3) is 0.333. The minimum absolute atomic E-state index is 0.773. The van der Waals surface area contributed by atoms with Crippen molar-refractivity contribution in [2.75, 3.05) is 13.7 Å². The third-order valence-electron chi connectivity index (χ3n) is 2.80. The van der Waals surface area contributed by atoms with Gasteiger partial charge in [0.2, 0.25) is 0 Å². The maximum absolute atomic E-state index is 5.78. The summed E-state index contributed by atoms with van der Waals surface area (Å²) in [6, 6.07) is 12.6. The fourth-order valence-corrected chi connectivity index (χ4v) is 2.02. The number of ether oxygens (including phenoxy) is 1. The summed E-state index contributed by atoms with van der Waals surface area (Å²) in [6.45, 7) is 3.78. The van der Waals surface area contributed by atoms with Crippen molar-refractivity contribution < 1.29 is 4.74 Å². The van der Waals surface area contributed by atoms with Gasteiger partial charge in [-0.3, -0.25) is 0 Å². The van der Waals surface area contributed by atoms with Crippen LogP contribution in [0.1, 0.15) is 18.9 Å². The van der Waals surface area contributed by atoms with Gasteiger partial charge >= 0.3 is 0 Å². The Labute approximate surface area is 103 Å². The molecule has 2 heteroatoms. The van der Waals surface area contributed by atoms with E-state index in [9.17, 15) is 0 Å². The van der Waals surface area contributed by atoms with E-state index in [1.54, 1.807) is 0 Å². The van der Waals surface area contributed by atoms with Crippen LogP contribution in [0.2, 0.25) is 0 Å². The van der Waals surface area contributed by atoms with Crippen LogP contribution in [0.3, 0.4) is 0 Å². The molecule has 2 aromatic rings. The van der Waals surface area contributed by atoms with Gasteiger partial charge in [-0.05, 0) is 30.5 Å². The highest BCUT2D eigenvalue weighted by Crippen LogP contribution is 2.28. The Balaban J connectivity index is 2.46. The largest absolute Gasteiger partial charge is 0.493 e. The Hall–Kier alpha value is -1.54. The maximum Gasteiger partial charge on any atom is 0.127 e. The first-order valence-corrected chi connectivity index (χ1v) is 6.15. The molecule has 2 nitrogen and oxygen atoms in total. The molecular weight excluding hydrogens is 210 g/mol. The van der Waals surface area contributed by atoms with Crippen LogP contribution in [0.25, 0.3) is 10.8 Å². The zero-order chi connectivity index (χ0) is 12.1. The van der Waals surface area contributed by atoms with E-state index < -0.39 is 0 Å². The quantitative estimate of drug-likeness (QED) is 0.849. The zero-order valence-corrected chi connectivity index (χ0v) is 10.5. The Morgan fingerprint density at radius 2 is 1.82 bits per heavy atom. The highest BCUT2D eigenvalue weighted by Gasteiger charge is 2.05. The highest BCUT2D eigenvalue weighted by molar-refractivity contribution is 5.91. The molecule has 2 aromatic carbocycles. The van der Waals surface area contributed by atoms with Crippen LogP contribution in [0.15, 0.2) is 36.4 Å². The number of hydrogen-bond donors (Lipinski definition) is 1. The first-order valence-electron chi connectivity index (χ1n) is 6.15. The van der Waals surface area contributed by atoms with Crippen LogP contribution in [-0.2, 0) is 6.54 Å². The Kier molecular flexibility index (Phi) is 3.99. The minimum atomic E-state index is 0.773. The summed E-state index contributed by atoms with van der Waals surface area (Å²) in [4.78, 5) is 0. The van der Waals surface area contributed by atoms with Crippen LogP contribution < -0.4 is 10.1 Å². The van der Waals surface area contributed by atoms with Crippen molar-refractivity contribution in [1.82, 2.24) is 5.32 Å². The molecule has 1 N–H and O–H groups in total. The van der Waals surface area contributed by atoms with Crippen LogP contribution >= 0.6 is 0 Å². The molecule has 17 heavy (non-hydrogen) atoms. The predicted molar refractivity (Wildman–Crippen MR) is 72.5 cm³/mol. The molecule has 0 heterocycles. The smallest absolute Gasteiger partial charge is 0.127 e. The molecule has 0 saturated carbocycles. The molecule has 0 unspecified atom stereocenters. The number of rotatable bonds is 5. The number of nitrogens with one attached hydrogen (secondary N) is 1. The van der Waals surface area contributed by atoms with Gasteiger partial charge in [0.1, 0.15) is 5.75 Å². The molecule has 0 radical (unpaired) electrons. The molecule has 0 spiro atoms. The average Bonchev–Trinajstić information content (AvgIpc) is 2.38. The van der Waals surface area contributed by atoms with E-state index >= 15 is 0 Å². The molecule has 0 saturated heterocycles. The van der Waals surface area contributed by atoms with Gasteiger partial charge in [-0.2, -0.15) is 0 Å². The molecule has 2 rings (SSSR count). The predicted octanol–water partition coefficient (Wildman–Crippen LogP) is 3.35. The van der Waals surface area contributed by atoms with Crippen molar-refractivity contribution in [3.63, 3.8) is 0 Å². The van der Waals surface area contributed by atoms with Gasteiger partial charge in [-0.15, -0.1) is 0 Å². The SMILES string of the molecule is CCCOc1ccc(CNC)c2ccccc12. The summed E-state index contributed by atoms with van der Waals surface area (Å²) < 4.78 is 5.78. The van der Waals surface area contributed by atoms with E-state index in [0.717, 1.165) is 25.3 Å². The Morgan fingerprint density at radius 3 is 2.53 bits per heavy atom. The summed E-state index contributed by atoms with van der Waals surface area (Å²) in [5.41, 5.74) is 1.31. The minimum Gasteiger partial charge on any atom is -0.493 e. The molecule has 0 aliphatic carbocycles. The van der Waals surface area contributed by atoms with Crippen molar-refractivity contribution in [3.05, 3.63) is 42.0 Å². The van der Waals surface area contributed by atoms with Crippen molar-refractivity contribution in [2.45, 2.75) is 19.9 Å². The van der Waals surface area contributed by atoms with E-state index in [4.69, 9.17) is 4.74 Å². The fourth-order valence-electron chi connectivity index (χ4n) is 2.02. The second-order valence-electron chi connectivity index (χ2n) is 4.15. The number of fused-ring (bicyclic) bond motifs is 1. The summed E-state index contributed by atoms with van der Waals surface area (Å²) in [7, 11) is 1.97. The highest BCUT2D eigenvalue weighted by atomic mass is 16.5. The van der Waals surface area contributed by atoms with E-state index in [1.807, 2.05) is 7.05 Å². The standard InChI is InChI=1S/C15H19NO/c1-3-10-17-15-9-8-12(11-16-2)13-6-4-5-7-14(13)15/h4-9,16H,3,10-11H2,1-2H3. The third kappa shape index (κ3) is 2.59. The van der Waals surface area contributed by atoms with Crippen LogP contribution in [0, 0.1) is 0 Å². The van der Waals surface area contributed by atoms with Gasteiger partial charge in [0.25, 0.3) is 0 Å². The molecule has 0 atom stereocenters. The molecule has 0 aromatic heterocycles. The van der Waals surface area contributed by atoms with E-state index in [1.165, 1.54) is 16.3 Å². The van der Waals surface area contributed by atoms with Crippen LogP contribution in [0.4, 0.5) is 0 Å². The Morgan fingerprint density at radius 1 is 1.06 bits per heavy atom. The Bertz CT molecular complexity index is 493. The van der Waals surface area contributed by atoms with E-state index in [0.29, 0.717) is 0 Å². The molecular formula is C15H19NO. The normalized spacial score (nSPS) is 10.7. The lowest BCUT2D eigenvalue weighted by molar-refractivity contribution is 0.321. The maximum atomic E-state index is 5.78. The summed E-state index contributed by atoms with van der Waals surface area (Å²) >= 11 is 0. The number of hydrogen-bond acceptors (Lipinski definition) is 2. The molecule has 90 valence electrons. The molecule has 0 aliphatic heterocycles. The lowest BCUT2D eigenvalue weighted by Crippen LogP contribution is -2.06. The molecule has 0 fully saturated rings. The number of benzene rings is 2. The van der Waals surface area contributed by atoms with E-state index in [2.05, 4.69) is 48.6 Å². The summed E-state index contributed by atoms with van der Waals surface area (Å²) in [6.07, 6.45) is 1.03. The molecule has 0 aliphatic rings. The van der Waals surface area contributed by atoms with Gasteiger partial charge in [0, 0.05) is 11.9 Å².